The van der Waals surface area contributed by atoms with Crippen molar-refractivity contribution in [2.45, 2.75) is 38.1 Å². The minimum absolute atomic E-state index is 0.321. The molecule has 1 saturated heterocycles. The van der Waals surface area contributed by atoms with Gasteiger partial charge < -0.3 is 10.1 Å². The van der Waals surface area contributed by atoms with Gasteiger partial charge in [-0.1, -0.05) is 49.7 Å². The first kappa shape index (κ1) is 14.8. The van der Waals surface area contributed by atoms with Crippen LogP contribution in [0.4, 0.5) is 0 Å². The van der Waals surface area contributed by atoms with Gasteiger partial charge in [-0.15, -0.1) is 0 Å². The largest absolute Gasteiger partial charge is 0.492 e. The van der Waals surface area contributed by atoms with Gasteiger partial charge in [-0.3, -0.25) is 4.99 Å². The van der Waals surface area contributed by atoms with E-state index in [9.17, 15) is 0 Å². The van der Waals surface area contributed by atoms with Crippen LogP contribution in [0, 0.1) is 5.92 Å². The molecule has 114 valence electrons. The Kier molecular flexibility index (Phi) is 4.73. The number of nitrogens with zero attached hydrogens (tertiary/aromatic N) is 1. The fourth-order valence-electron chi connectivity index (χ4n) is 3.32. The molecule has 1 heterocycles. The quantitative estimate of drug-likeness (QED) is 0.861. The number of thioether (sulfide) groups is 1. The molecule has 3 nitrogen and oxygen atoms in total. The smallest absolute Gasteiger partial charge is 0.157 e. The second-order valence-electron chi connectivity index (χ2n) is 6.24. The number of ether oxygens (including phenoxy) is 1. The minimum Gasteiger partial charge on any atom is -0.492 e. The predicted octanol–water partition coefficient (Wildman–Crippen LogP) is 3.71. The summed E-state index contributed by atoms with van der Waals surface area (Å²) in [7, 11) is 0. The fourth-order valence-corrected chi connectivity index (χ4v) is 4.54. The summed E-state index contributed by atoms with van der Waals surface area (Å²) < 4.78 is 5.68. The Hall–Kier alpha value is -1.16. The molecule has 21 heavy (non-hydrogen) atoms. The van der Waals surface area contributed by atoms with Crippen molar-refractivity contribution in [2.75, 3.05) is 18.9 Å². The molecule has 0 amide bonds. The van der Waals surface area contributed by atoms with Gasteiger partial charge in [0.1, 0.15) is 12.4 Å². The van der Waals surface area contributed by atoms with Crippen molar-refractivity contribution in [3.8, 4) is 5.75 Å². The molecule has 0 bridgehead atoms. The minimum atomic E-state index is 0.321. The molecule has 2 atom stereocenters. The van der Waals surface area contributed by atoms with Crippen LogP contribution in [-0.2, 0) is 0 Å². The van der Waals surface area contributed by atoms with E-state index in [1.165, 1.54) is 31.4 Å². The fraction of sp³-hybridized carbons (Fsp3) is 0.588. The van der Waals surface area contributed by atoms with Gasteiger partial charge in [-0.25, -0.2) is 0 Å². The maximum atomic E-state index is 5.68. The van der Waals surface area contributed by atoms with E-state index < -0.39 is 0 Å². The van der Waals surface area contributed by atoms with Gasteiger partial charge in [-0.2, -0.15) is 0 Å². The van der Waals surface area contributed by atoms with Gasteiger partial charge in [0.15, 0.2) is 5.17 Å². The number of nitrogens with one attached hydrogen (secondary N) is 1. The van der Waals surface area contributed by atoms with Crippen LogP contribution in [0.15, 0.2) is 35.3 Å². The van der Waals surface area contributed by atoms with Crippen molar-refractivity contribution in [1.82, 2.24) is 5.32 Å². The summed E-state index contributed by atoms with van der Waals surface area (Å²) in [6, 6.07) is 9.94. The van der Waals surface area contributed by atoms with Crippen LogP contribution in [0.5, 0.6) is 5.75 Å². The number of rotatable bonds is 4. The summed E-state index contributed by atoms with van der Waals surface area (Å²) in [5.74, 6) is 2.94. The van der Waals surface area contributed by atoms with Crippen LogP contribution < -0.4 is 10.1 Å². The maximum absolute atomic E-state index is 5.68. The Bertz CT molecular complexity index is 491. The van der Waals surface area contributed by atoms with Gasteiger partial charge >= 0.3 is 0 Å². The Morgan fingerprint density at radius 2 is 2.24 bits per heavy atom. The van der Waals surface area contributed by atoms with E-state index in [0.717, 1.165) is 23.4 Å². The first-order valence-electron chi connectivity index (χ1n) is 7.89. The second-order valence-corrected chi connectivity index (χ2v) is 7.21. The van der Waals surface area contributed by atoms with Crippen molar-refractivity contribution in [3.63, 3.8) is 0 Å². The SMILES string of the molecule is CC1CCCC2(CSC(=NCCOc3ccccc3)N2)C1. The molecular formula is C17H24N2OS. The molecule has 0 radical (unpaired) electrons. The number of hydrogen-bond donors (Lipinski definition) is 1. The first-order chi connectivity index (χ1) is 10.3. The van der Waals surface area contributed by atoms with E-state index in [2.05, 4.69) is 17.2 Å². The van der Waals surface area contributed by atoms with Gasteiger partial charge in [0.25, 0.3) is 0 Å². The molecule has 0 aromatic heterocycles. The molecular weight excluding hydrogens is 280 g/mol. The number of para-hydroxylation sites is 1. The Labute approximate surface area is 131 Å². The van der Waals surface area contributed by atoms with E-state index in [4.69, 9.17) is 4.74 Å². The van der Waals surface area contributed by atoms with E-state index in [-0.39, 0.29) is 0 Å². The lowest BCUT2D eigenvalue weighted by atomic mass is 9.78. The highest BCUT2D eigenvalue weighted by atomic mass is 32.2. The molecule has 1 aromatic rings. The van der Waals surface area contributed by atoms with Crippen LogP contribution in [0.1, 0.15) is 32.6 Å². The normalized spacial score (nSPS) is 30.5. The van der Waals surface area contributed by atoms with Crippen molar-refractivity contribution < 1.29 is 4.74 Å². The van der Waals surface area contributed by atoms with E-state index in [1.807, 2.05) is 42.1 Å². The summed E-state index contributed by atoms with van der Waals surface area (Å²) in [6.07, 6.45) is 5.31. The summed E-state index contributed by atoms with van der Waals surface area (Å²) in [4.78, 5) is 4.66. The average molecular weight is 304 g/mol. The van der Waals surface area contributed by atoms with Gasteiger partial charge in [0, 0.05) is 11.3 Å². The molecule has 3 rings (SSSR count). The van der Waals surface area contributed by atoms with Gasteiger partial charge in [-0.05, 0) is 30.9 Å². The highest BCUT2D eigenvalue weighted by Crippen LogP contribution is 2.38. The van der Waals surface area contributed by atoms with Gasteiger partial charge in [0.2, 0.25) is 0 Å². The van der Waals surface area contributed by atoms with E-state index in [1.54, 1.807) is 0 Å². The summed E-state index contributed by atoms with van der Waals surface area (Å²) in [5.41, 5.74) is 0.321. The molecule has 1 aliphatic heterocycles. The molecule has 2 unspecified atom stereocenters. The third kappa shape index (κ3) is 3.94. The monoisotopic (exact) mass is 304 g/mol. The maximum Gasteiger partial charge on any atom is 0.157 e. The van der Waals surface area contributed by atoms with Crippen LogP contribution in [-0.4, -0.2) is 29.6 Å². The van der Waals surface area contributed by atoms with Crippen LogP contribution in [0.3, 0.4) is 0 Å². The third-order valence-corrected chi connectivity index (χ3v) is 5.51. The lowest BCUT2D eigenvalue weighted by molar-refractivity contribution is 0.242. The van der Waals surface area contributed by atoms with Gasteiger partial charge in [0.05, 0.1) is 6.54 Å². The second kappa shape index (κ2) is 6.73. The number of amidine groups is 1. The highest BCUT2D eigenvalue weighted by molar-refractivity contribution is 8.14. The molecule has 1 aromatic carbocycles. The summed E-state index contributed by atoms with van der Waals surface area (Å²) >= 11 is 1.88. The Balaban J connectivity index is 1.45. The van der Waals surface area contributed by atoms with Crippen LogP contribution in [0.2, 0.25) is 0 Å². The van der Waals surface area contributed by atoms with Crippen LogP contribution in [0.25, 0.3) is 0 Å². The van der Waals surface area contributed by atoms with E-state index in [0.29, 0.717) is 12.1 Å². The first-order valence-corrected chi connectivity index (χ1v) is 8.88. The number of hydrogen-bond acceptors (Lipinski definition) is 3. The van der Waals surface area contributed by atoms with E-state index >= 15 is 0 Å². The standard InChI is InChI=1S/C17H24N2OS/c1-14-6-5-9-17(12-14)13-21-16(19-17)18-10-11-20-15-7-3-2-4-8-15/h2-4,7-8,14H,5-6,9-13H2,1H3,(H,18,19). The Morgan fingerprint density at radius 3 is 3.05 bits per heavy atom. The molecule has 2 fully saturated rings. The molecule has 1 N–H and O–H groups in total. The summed E-state index contributed by atoms with van der Waals surface area (Å²) in [5, 5.41) is 4.80. The average Bonchev–Trinajstić information content (AvgIpc) is 2.87. The zero-order chi connectivity index (χ0) is 14.5. The summed E-state index contributed by atoms with van der Waals surface area (Å²) in [6.45, 7) is 3.73. The van der Waals surface area contributed by atoms with Crippen molar-refractivity contribution in [3.05, 3.63) is 30.3 Å². The van der Waals surface area contributed by atoms with Crippen molar-refractivity contribution >= 4 is 16.9 Å². The topological polar surface area (TPSA) is 33.6 Å². The Morgan fingerprint density at radius 1 is 1.38 bits per heavy atom. The van der Waals surface area contributed by atoms with Crippen molar-refractivity contribution in [1.29, 1.82) is 0 Å². The zero-order valence-corrected chi connectivity index (χ0v) is 13.5. The van der Waals surface area contributed by atoms with Crippen molar-refractivity contribution in [2.24, 2.45) is 10.9 Å². The lowest BCUT2D eigenvalue weighted by Gasteiger charge is -2.36. The third-order valence-electron chi connectivity index (χ3n) is 4.31. The highest BCUT2D eigenvalue weighted by Gasteiger charge is 2.40. The van der Waals surface area contributed by atoms with Crippen LogP contribution >= 0.6 is 11.8 Å². The lowest BCUT2D eigenvalue weighted by Crippen LogP contribution is -2.47. The molecule has 4 heteroatoms. The molecule has 1 saturated carbocycles. The number of aliphatic imine (C=N–C) groups is 1. The molecule has 1 aliphatic carbocycles. The number of benzene rings is 1. The molecule has 2 aliphatic rings. The predicted molar refractivity (Wildman–Crippen MR) is 90.2 cm³/mol. The zero-order valence-electron chi connectivity index (χ0n) is 12.7. The molecule has 1 spiro atoms.